The fourth-order valence-electron chi connectivity index (χ4n) is 2.63. The topological polar surface area (TPSA) is 84.9 Å². The summed E-state index contributed by atoms with van der Waals surface area (Å²) < 4.78 is 11.1. The van der Waals surface area contributed by atoms with Crippen LogP contribution in [0, 0.1) is 6.92 Å². The van der Waals surface area contributed by atoms with Crippen LogP contribution < -0.4 is 14.8 Å². The molecule has 0 bridgehead atoms. The number of benzene rings is 2. The molecule has 6 heteroatoms. The Morgan fingerprint density at radius 1 is 1.04 bits per heavy atom. The third-order valence-electron chi connectivity index (χ3n) is 4.17. The molecule has 0 fully saturated rings. The smallest absolute Gasteiger partial charge is 0.335 e. The number of amides is 1. The summed E-state index contributed by atoms with van der Waals surface area (Å²) in [6, 6.07) is 10.2. The molecule has 2 N–H and O–H groups in total. The van der Waals surface area contributed by atoms with Crippen LogP contribution >= 0.6 is 0 Å². The van der Waals surface area contributed by atoms with Crippen LogP contribution in [0.1, 0.15) is 48.2 Å². The van der Waals surface area contributed by atoms with Gasteiger partial charge in [0.05, 0.1) is 18.4 Å². The second kappa shape index (κ2) is 8.58. The molecular weight excluding hydrogens is 346 g/mol. The van der Waals surface area contributed by atoms with Gasteiger partial charge in [-0.25, -0.2) is 4.79 Å². The van der Waals surface area contributed by atoms with E-state index in [4.69, 9.17) is 14.6 Å². The summed E-state index contributed by atoms with van der Waals surface area (Å²) in [6.07, 6.45) is -0.742. The highest BCUT2D eigenvalue weighted by atomic mass is 16.5. The minimum Gasteiger partial charge on any atom is -0.495 e. The van der Waals surface area contributed by atoms with Crippen LogP contribution in [0.4, 0.5) is 5.69 Å². The van der Waals surface area contributed by atoms with Gasteiger partial charge >= 0.3 is 5.97 Å². The number of carboxylic acids is 1. The van der Waals surface area contributed by atoms with E-state index in [1.54, 1.807) is 6.92 Å². The predicted octanol–water partition coefficient (Wildman–Crippen LogP) is 4.23. The van der Waals surface area contributed by atoms with Crippen LogP contribution in [0.3, 0.4) is 0 Å². The molecule has 27 heavy (non-hydrogen) atoms. The van der Waals surface area contributed by atoms with Gasteiger partial charge in [-0.3, -0.25) is 4.79 Å². The van der Waals surface area contributed by atoms with Crippen LogP contribution in [-0.2, 0) is 4.79 Å². The van der Waals surface area contributed by atoms with E-state index in [0.717, 1.165) is 11.1 Å². The van der Waals surface area contributed by atoms with E-state index in [9.17, 15) is 9.59 Å². The third-order valence-corrected chi connectivity index (χ3v) is 4.17. The number of carboxylic acid groups (broad SMARTS) is 1. The van der Waals surface area contributed by atoms with E-state index >= 15 is 0 Å². The fraction of sp³-hybridized carbons (Fsp3) is 0.333. The number of ether oxygens (including phenoxy) is 2. The van der Waals surface area contributed by atoms with Gasteiger partial charge in [-0.2, -0.15) is 0 Å². The molecule has 0 radical (unpaired) electrons. The Hall–Kier alpha value is -3.02. The maximum Gasteiger partial charge on any atom is 0.335 e. The monoisotopic (exact) mass is 371 g/mol. The van der Waals surface area contributed by atoms with Crippen molar-refractivity contribution >= 4 is 17.6 Å². The van der Waals surface area contributed by atoms with Crippen molar-refractivity contribution in [3.63, 3.8) is 0 Å². The lowest BCUT2D eigenvalue weighted by atomic mass is 10.0. The van der Waals surface area contributed by atoms with Crippen LogP contribution in [-0.4, -0.2) is 30.2 Å². The SMILES string of the molecule is COc1cc(C(=O)O)ccc1NC(=O)C(C)Oc1cc(C)ccc1C(C)C. The van der Waals surface area contributed by atoms with Gasteiger partial charge in [0.15, 0.2) is 6.10 Å². The van der Waals surface area contributed by atoms with Crippen molar-refractivity contribution in [3.05, 3.63) is 53.1 Å². The van der Waals surface area contributed by atoms with E-state index in [0.29, 0.717) is 11.4 Å². The summed E-state index contributed by atoms with van der Waals surface area (Å²) in [5.74, 6) is -0.203. The predicted molar refractivity (Wildman–Crippen MR) is 104 cm³/mol. The number of carbonyl (C=O) groups excluding carboxylic acids is 1. The van der Waals surface area contributed by atoms with Gasteiger partial charge in [0.2, 0.25) is 0 Å². The fourth-order valence-corrected chi connectivity index (χ4v) is 2.63. The van der Waals surface area contributed by atoms with E-state index < -0.39 is 12.1 Å². The minimum atomic E-state index is -1.07. The summed E-state index contributed by atoms with van der Waals surface area (Å²) in [4.78, 5) is 23.6. The maximum atomic E-state index is 12.6. The van der Waals surface area contributed by atoms with E-state index in [1.807, 2.05) is 25.1 Å². The highest BCUT2D eigenvalue weighted by molar-refractivity contribution is 5.96. The van der Waals surface area contributed by atoms with Gasteiger partial charge < -0.3 is 19.9 Å². The lowest BCUT2D eigenvalue weighted by molar-refractivity contribution is -0.122. The van der Waals surface area contributed by atoms with Crippen molar-refractivity contribution < 1.29 is 24.2 Å². The molecule has 0 saturated heterocycles. The number of nitrogens with one attached hydrogen (secondary N) is 1. The second-order valence-corrected chi connectivity index (χ2v) is 6.67. The van der Waals surface area contributed by atoms with Gasteiger partial charge in [0.1, 0.15) is 11.5 Å². The lowest BCUT2D eigenvalue weighted by Crippen LogP contribution is -2.30. The molecule has 2 aromatic rings. The normalized spacial score (nSPS) is 11.8. The summed E-state index contributed by atoms with van der Waals surface area (Å²) in [5.41, 5.74) is 2.54. The maximum absolute atomic E-state index is 12.6. The molecule has 0 aromatic heterocycles. The van der Waals surface area contributed by atoms with Gasteiger partial charge in [0, 0.05) is 0 Å². The molecule has 6 nitrogen and oxygen atoms in total. The first kappa shape index (κ1) is 20.3. The number of anilines is 1. The minimum absolute atomic E-state index is 0.0792. The van der Waals surface area contributed by atoms with E-state index in [1.165, 1.54) is 25.3 Å². The second-order valence-electron chi connectivity index (χ2n) is 6.67. The quantitative estimate of drug-likeness (QED) is 0.761. The van der Waals surface area contributed by atoms with Crippen molar-refractivity contribution in [2.24, 2.45) is 0 Å². The largest absolute Gasteiger partial charge is 0.495 e. The molecule has 1 atom stereocenters. The molecule has 0 aliphatic rings. The van der Waals surface area contributed by atoms with Gasteiger partial charge in [0.25, 0.3) is 5.91 Å². The molecule has 0 heterocycles. The van der Waals surface area contributed by atoms with Gasteiger partial charge in [-0.1, -0.05) is 26.0 Å². The highest BCUT2D eigenvalue weighted by Gasteiger charge is 2.19. The lowest BCUT2D eigenvalue weighted by Gasteiger charge is -2.20. The van der Waals surface area contributed by atoms with Crippen LogP contribution in [0.2, 0.25) is 0 Å². The van der Waals surface area contributed by atoms with Gasteiger partial charge in [-0.05, 0) is 55.2 Å². The van der Waals surface area contributed by atoms with Crippen molar-refractivity contribution in [1.29, 1.82) is 0 Å². The van der Waals surface area contributed by atoms with E-state index in [2.05, 4.69) is 19.2 Å². The van der Waals surface area contributed by atoms with Crippen molar-refractivity contribution in [2.75, 3.05) is 12.4 Å². The first-order valence-corrected chi connectivity index (χ1v) is 8.72. The Labute approximate surface area is 159 Å². The molecule has 0 saturated carbocycles. The number of rotatable bonds is 7. The Bertz CT molecular complexity index is 844. The van der Waals surface area contributed by atoms with Crippen LogP contribution in [0.25, 0.3) is 0 Å². The average molecular weight is 371 g/mol. The molecule has 1 unspecified atom stereocenters. The molecule has 0 aliphatic carbocycles. The van der Waals surface area contributed by atoms with Crippen molar-refractivity contribution in [2.45, 2.75) is 39.7 Å². The van der Waals surface area contributed by atoms with Crippen LogP contribution in [0.5, 0.6) is 11.5 Å². The zero-order chi connectivity index (χ0) is 20.1. The third kappa shape index (κ3) is 5.00. The number of aryl methyl sites for hydroxylation is 1. The van der Waals surface area contributed by atoms with E-state index in [-0.39, 0.29) is 23.1 Å². The first-order chi connectivity index (χ1) is 12.7. The standard InChI is InChI=1S/C21H25NO5/c1-12(2)16-8-6-13(3)10-18(16)27-14(4)20(23)22-17-9-7-15(21(24)25)11-19(17)26-5/h6-12,14H,1-5H3,(H,22,23)(H,24,25). The number of methoxy groups -OCH3 is 1. The first-order valence-electron chi connectivity index (χ1n) is 8.72. The summed E-state index contributed by atoms with van der Waals surface area (Å²) >= 11 is 0. The summed E-state index contributed by atoms with van der Waals surface area (Å²) in [6.45, 7) is 7.77. The van der Waals surface area contributed by atoms with Crippen molar-refractivity contribution in [1.82, 2.24) is 0 Å². The molecule has 1 amide bonds. The summed E-state index contributed by atoms with van der Waals surface area (Å²) in [5, 5.41) is 11.8. The number of carbonyl (C=O) groups is 2. The molecule has 0 spiro atoms. The molecule has 0 aliphatic heterocycles. The molecule has 2 aromatic carbocycles. The Kier molecular flexibility index (Phi) is 6.45. The summed E-state index contributed by atoms with van der Waals surface area (Å²) in [7, 11) is 1.41. The number of aromatic carboxylic acids is 1. The zero-order valence-corrected chi connectivity index (χ0v) is 16.2. The Balaban J connectivity index is 2.17. The number of hydrogen-bond acceptors (Lipinski definition) is 4. The highest BCUT2D eigenvalue weighted by Crippen LogP contribution is 2.29. The number of hydrogen-bond donors (Lipinski definition) is 2. The van der Waals surface area contributed by atoms with Crippen LogP contribution in [0.15, 0.2) is 36.4 Å². The molecule has 2 rings (SSSR count). The average Bonchev–Trinajstić information content (AvgIpc) is 2.61. The Morgan fingerprint density at radius 2 is 1.74 bits per heavy atom. The molecule has 144 valence electrons. The zero-order valence-electron chi connectivity index (χ0n) is 16.2. The Morgan fingerprint density at radius 3 is 2.33 bits per heavy atom. The van der Waals surface area contributed by atoms with Crippen molar-refractivity contribution in [3.8, 4) is 11.5 Å². The van der Waals surface area contributed by atoms with Gasteiger partial charge in [-0.15, -0.1) is 0 Å². The molecular formula is C21H25NO5.